The van der Waals surface area contributed by atoms with Crippen molar-refractivity contribution in [3.8, 4) is 22.8 Å². The summed E-state index contributed by atoms with van der Waals surface area (Å²) < 4.78 is 17.8. The van der Waals surface area contributed by atoms with Crippen LogP contribution in [0.4, 0.5) is 5.69 Å². The lowest BCUT2D eigenvalue weighted by atomic mass is 10.1. The van der Waals surface area contributed by atoms with Crippen LogP contribution < -0.4 is 14.8 Å². The molecule has 0 aliphatic carbocycles. The molecule has 7 heteroatoms. The molecule has 0 fully saturated rings. The van der Waals surface area contributed by atoms with Gasteiger partial charge in [0.15, 0.2) is 5.60 Å². The van der Waals surface area contributed by atoms with Crippen molar-refractivity contribution in [2.45, 2.75) is 26.1 Å². The van der Waals surface area contributed by atoms with E-state index in [1.807, 2.05) is 12.1 Å². The lowest BCUT2D eigenvalue weighted by molar-refractivity contribution is -0.128. The maximum atomic E-state index is 12.8. The summed E-state index contributed by atoms with van der Waals surface area (Å²) in [6.45, 7) is 3.23. The van der Waals surface area contributed by atoms with Gasteiger partial charge >= 0.3 is 0 Å². The quantitative estimate of drug-likeness (QED) is 0.519. The fraction of sp³-hybridized carbons (Fsp3) is 0.227. The van der Waals surface area contributed by atoms with Gasteiger partial charge in [0.05, 0.1) is 12.7 Å². The molecule has 3 aromatic rings. The van der Waals surface area contributed by atoms with E-state index in [0.29, 0.717) is 28.7 Å². The van der Waals surface area contributed by atoms with E-state index in [9.17, 15) is 9.90 Å². The molecule has 2 N–H and O–H groups in total. The Hall–Kier alpha value is -2.77. The SMILES string of the molecule is COc1cc(NC(=O)C(C)(C)Oc2ccc(Br)cc2)ccc1-c1ccc(CO)o1. The molecule has 152 valence electrons. The fourth-order valence-corrected chi connectivity index (χ4v) is 2.97. The van der Waals surface area contributed by atoms with Gasteiger partial charge in [-0.25, -0.2) is 0 Å². The van der Waals surface area contributed by atoms with E-state index >= 15 is 0 Å². The van der Waals surface area contributed by atoms with Crippen LogP contribution in [-0.4, -0.2) is 23.7 Å². The largest absolute Gasteiger partial charge is 0.496 e. The van der Waals surface area contributed by atoms with Gasteiger partial charge in [-0.1, -0.05) is 15.9 Å². The van der Waals surface area contributed by atoms with Gasteiger partial charge in [-0.3, -0.25) is 4.79 Å². The van der Waals surface area contributed by atoms with Gasteiger partial charge in [-0.15, -0.1) is 0 Å². The number of carbonyl (C=O) groups excluding carboxylic acids is 1. The van der Waals surface area contributed by atoms with Gasteiger partial charge < -0.3 is 24.3 Å². The molecule has 1 aromatic heterocycles. The molecule has 0 bridgehead atoms. The van der Waals surface area contributed by atoms with Gasteiger partial charge in [0.1, 0.15) is 29.6 Å². The van der Waals surface area contributed by atoms with Crippen LogP contribution in [0.25, 0.3) is 11.3 Å². The zero-order valence-corrected chi connectivity index (χ0v) is 17.9. The maximum Gasteiger partial charge on any atom is 0.267 e. The predicted molar refractivity (Wildman–Crippen MR) is 114 cm³/mol. The van der Waals surface area contributed by atoms with Crippen molar-refractivity contribution in [2.75, 3.05) is 12.4 Å². The zero-order chi connectivity index (χ0) is 21.0. The van der Waals surface area contributed by atoms with E-state index in [4.69, 9.17) is 13.9 Å². The lowest BCUT2D eigenvalue weighted by Crippen LogP contribution is -2.42. The molecule has 0 aliphatic rings. The van der Waals surface area contributed by atoms with E-state index < -0.39 is 5.60 Å². The van der Waals surface area contributed by atoms with E-state index in [2.05, 4.69) is 21.2 Å². The average molecular weight is 460 g/mol. The summed E-state index contributed by atoms with van der Waals surface area (Å²) >= 11 is 3.37. The van der Waals surface area contributed by atoms with Crippen molar-refractivity contribution in [3.05, 3.63) is 64.8 Å². The van der Waals surface area contributed by atoms with Crippen LogP contribution in [-0.2, 0) is 11.4 Å². The highest BCUT2D eigenvalue weighted by Gasteiger charge is 2.30. The maximum absolute atomic E-state index is 12.8. The average Bonchev–Trinajstić information content (AvgIpc) is 3.18. The Bertz CT molecular complexity index is 995. The van der Waals surface area contributed by atoms with Crippen LogP contribution in [0.3, 0.4) is 0 Å². The Morgan fingerprint density at radius 1 is 1.14 bits per heavy atom. The monoisotopic (exact) mass is 459 g/mol. The number of carbonyl (C=O) groups is 1. The van der Waals surface area contributed by atoms with Gasteiger partial charge in [0.2, 0.25) is 0 Å². The van der Waals surface area contributed by atoms with E-state index in [-0.39, 0.29) is 12.5 Å². The minimum Gasteiger partial charge on any atom is -0.496 e. The van der Waals surface area contributed by atoms with Crippen molar-refractivity contribution in [1.82, 2.24) is 0 Å². The molecule has 0 saturated heterocycles. The normalized spacial score (nSPS) is 11.2. The number of amides is 1. The zero-order valence-electron chi connectivity index (χ0n) is 16.4. The van der Waals surface area contributed by atoms with Gasteiger partial charge in [0.25, 0.3) is 5.91 Å². The summed E-state index contributed by atoms with van der Waals surface area (Å²) in [5, 5.41) is 12.0. The third-order valence-corrected chi connectivity index (χ3v) is 4.80. The molecular formula is C22H22BrNO5. The lowest BCUT2D eigenvalue weighted by Gasteiger charge is -2.25. The highest BCUT2D eigenvalue weighted by Crippen LogP contribution is 2.34. The number of nitrogens with one attached hydrogen (secondary N) is 1. The summed E-state index contributed by atoms with van der Waals surface area (Å²) in [7, 11) is 1.54. The Morgan fingerprint density at radius 2 is 1.86 bits per heavy atom. The topological polar surface area (TPSA) is 80.9 Å². The number of rotatable bonds is 7. The van der Waals surface area contributed by atoms with Crippen LogP contribution in [0.2, 0.25) is 0 Å². The first-order chi connectivity index (χ1) is 13.8. The molecule has 0 unspecified atom stereocenters. The predicted octanol–water partition coefficient (Wildman–Crippen LogP) is 5.01. The number of ether oxygens (including phenoxy) is 2. The highest BCUT2D eigenvalue weighted by molar-refractivity contribution is 9.10. The molecule has 0 spiro atoms. The van der Waals surface area contributed by atoms with E-state index in [1.165, 1.54) is 0 Å². The molecular weight excluding hydrogens is 438 g/mol. The molecule has 2 aromatic carbocycles. The summed E-state index contributed by atoms with van der Waals surface area (Å²) in [6, 6.07) is 16.0. The second-order valence-electron chi connectivity index (χ2n) is 6.86. The Labute approximate surface area is 177 Å². The van der Waals surface area contributed by atoms with Crippen LogP contribution in [0.15, 0.2) is 63.5 Å². The number of hydrogen-bond donors (Lipinski definition) is 2. The van der Waals surface area contributed by atoms with Crippen LogP contribution in [0, 0.1) is 0 Å². The minimum atomic E-state index is -1.09. The smallest absolute Gasteiger partial charge is 0.267 e. The fourth-order valence-electron chi connectivity index (χ4n) is 2.71. The van der Waals surface area contributed by atoms with Crippen LogP contribution in [0.1, 0.15) is 19.6 Å². The third-order valence-electron chi connectivity index (χ3n) is 4.28. The van der Waals surface area contributed by atoms with Crippen molar-refractivity contribution in [1.29, 1.82) is 0 Å². The van der Waals surface area contributed by atoms with E-state index in [0.717, 1.165) is 10.0 Å². The van der Waals surface area contributed by atoms with Crippen LogP contribution >= 0.6 is 15.9 Å². The Balaban J connectivity index is 1.76. The second kappa shape index (κ2) is 8.71. The van der Waals surface area contributed by atoms with Gasteiger partial charge in [-0.05, 0) is 62.4 Å². The number of furan rings is 1. The molecule has 6 nitrogen and oxygen atoms in total. The number of aliphatic hydroxyl groups is 1. The number of anilines is 1. The number of methoxy groups -OCH3 is 1. The molecule has 29 heavy (non-hydrogen) atoms. The number of aliphatic hydroxyl groups excluding tert-OH is 1. The second-order valence-corrected chi connectivity index (χ2v) is 7.78. The summed E-state index contributed by atoms with van der Waals surface area (Å²) in [5.74, 6) is 1.87. The summed E-state index contributed by atoms with van der Waals surface area (Å²) in [5.41, 5.74) is 0.198. The molecule has 3 rings (SSSR count). The Kier molecular flexibility index (Phi) is 6.30. The first kappa shape index (κ1) is 21.0. The first-order valence-electron chi connectivity index (χ1n) is 8.96. The number of hydrogen-bond acceptors (Lipinski definition) is 5. The van der Waals surface area contributed by atoms with Crippen molar-refractivity contribution in [3.63, 3.8) is 0 Å². The molecule has 0 atom stereocenters. The van der Waals surface area contributed by atoms with Gasteiger partial charge in [-0.2, -0.15) is 0 Å². The standard InChI is InChI=1S/C22H22BrNO5/c1-22(2,29-16-7-4-14(23)5-8-16)21(26)24-15-6-10-18(20(12-15)27-3)19-11-9-17(13-25)28-19/h4-12,25H,13H2,1-3H3,(H,24,26). The number of benzene rings is 2. The summed E-state index contributed by atoms with van der Waals surface area (Å²) in [4.78, 5) is 12.8. The van der Waals surface area contributed by atoms with Crippen molar-refractivity contribution < 1.29 is 23.8 Å². The first-order valence-corrected chi connectivity index (χ1v) is 9.75. The van der Waals surface area contributed by atoms with Gasteiger partial charge in [0, 0.05) is 16.2 Å². The van der Waals surface area contributed by atoms with E-state index in [1.54, 1.807) is 63.4 Å². The third kappa shape index (κ3) is 4.99. The minimum absolute atomic E-state index is 0.177. The molecule has 0 aliphatic heterocycles. The molecule has 1 heterocycles. The summed E-state index contributed by atoms with van der Waals surface area (Å²) in [6.07, 6.45) is 0. The molecule has 0 saturated carbocycles. The number of halogens is 1. The molecule has 1 amide bonds. The van der Waals surface area contributed by atoms with Crippen molar-refractivity contribution >= 4 is 27.5 Å². The van der Waals surface area contributed by atoms with Crippen LogP contribution in [0.5, 0.6) is 11.5 Å². The molecule has 0 radical (unpaired) electrons. The van der Waals surface area contributed by atoms with Crippen molar-refractivity contribution in [2.24, 2.45) is 0 Å². The highest BCUT2D eigenvalue weighted by atomic mass is 79.9. The Morgan fingerprint density at radius 3 is 2.48 bits per heavy atom.